The van der Waals surface area contributed by atoms with E-state index in [4.69, 9.17) is 11.6 Å². The van der Waals surface area contributed by atoms with Gasteiger partial charge in [0.15, 0.2) is 0 Å². The van der Waals surface area contributed by atoms with Crippen LogP contribution < -0.4 is 10.9 Å². The molecular formula is C17H13ClN2O2. The summed E-state index contributed by atoms with van der Waals surface area (Å²) in [6.07, 6.45) is 0. The lowest BCUT2D eigenvalue weighted by Gasteiger charge is -2.10. The topological polar surface area (TPSA) is 51.1 Å². The standard InChI is InChI=1S/C17H13ClN2O2/c1-20-15-8-3-2-7-13(15)14(10-16(20)21)17(22)19-12-6-4-5-11(18)9-12/h2-10H,1H3,(H,19,22). The number of aryl methyl sites for hydroxylation is 1. The molecule has 0 unspecified atom stereocenters. The van der Waals surface area contributed by atoms with Gasteiger partial charge in [-0.25, -0.2) is 0 Å². The average Bonchev–Trinajstić information content (AvgIpc) is 2.51. The minimum absolute atomic E-state index is 0.227. The van der Waals surface area contributed by atoms with Crippen molar-refractivity contribution in [3.63, 3.8) is 0 Å². The molecule has 1 N–H and O–H groups in total. The summed E-state index contributed by atoms with van der Waals surface area (Å²) in [5.74, 6) is -0.337. The van der Waals surface area contributed by atoms with Gasteiger partial charge in [0.05, 0.1) is 11.1 Å². The lowest BCUT2D eigenvalue weighted by atomic mass is 10.1. The van der Waals surface area contributed by atoms with Gasteiger partial charge in [-0.15, -0.1) is 0 Å². The molecule has 0 aliphatic heterocycles. The molecule has 0 atom stereocenters. The van der Waals surface area contributed by atoms with Gasteiger partial charge in [-0.05, 0) is 24.3 Å². The number of benzene rings is 2. The molecule has 3 aromatic rings. The summed E-state index contributed by atoms with van der Waals surface area (Å²) in [7, 11) is 1.68. The third-order valence-electron chi connectivity index (χ3n) is 3.48. The highest BCUT2D eigenvalue weighted by molar-refractivity contribution is 6.31. The van der Waals surface area contributed by atoms with Crippen molar-refractivity contribution >= 4 is 34.1 Å². The summed E-state index contributed by atoms with van der Waals surface area (Å²) >= 11 is 5.91. The first kappa shape index (κ1) is 14.4. The molecule has 0 saturated heterocycles. The van der Waals surface area contributed by atoms with Crippen molar-refractivity contribution in [2.75, 3.05) is 5.32 Å². The zero-order valence-electron chi connectivity index (χ0n) is 11.8. The highest BCUT2D eigenvalue weighted by Gasteiger charge is 2.13. The summed E-state index contributed by atoms with van der Waals surface area (Å²) in [4.78, 5) is 24.5. The number of aromatic nitrogens is 1. The van der Waals surface area contributed by atoms with E-state index in [0.29, 0.717) is 21.8 Å². The molecule has 0 saturated carbocycles. The Morgan fingerprint density at radius 1 is 1.09 bits per heavy atom. The third kappa shape index (κ3) is 2.61. The lowest BCUT2D eigenvalue weighted by Crippen LogP contribution is -2.21. The number of rotatable bonds is 2. The molecule has 0 aliphatic carbocycles. The number of halogens is 1. The Morgan fingerprint density at radius 2 is 1.86 bits per heavy atom. The van der Waals surface area contributed by atoms with Gasteiger partial charge >= 0.3 is 0 Å². The van der Waals surface area contributed by atoms with Crippen LogP contribution in [0.3, 0.4) is 0 Å². The first-order valence-electron chi connectivity index (χ1n) is 6.72. The number of carbonyl (C=O) groups is 1. The molecule has 0 bridgehead atoms. The summed E-state index contributed by atoms with van der Waals surface area (Å²) in [5, 5.41) is 4.03. The fourth-order valence-electron chi connectivity index (χ4n) is 2.36. The number of hydrogen-bond acceptors (Lipinski definition) is 2. The van der Waals surface area contributed by atoms with Crippen molar-refractivity contribution in [3.8, 4) is 0 Å². The Balaban J connectivity index is 2.08. The molecule has 2 aromatic carbocycles. The second-order valence-electron chi connectivity index (χ2n) is 4.94. The van der Waals surface area contributed by atoms with E-state index in [0.717, 1.165) is 5.39 Å². The Bertz CT molecular complexity index is 931. The maximum Gasteiger partial charge on any atom is 0.256 e. The maximum absolute atomic E-state index is 12.5. The van der Waals surface area contributed by atoms with Gasteiger partial charge < -0.3 is 9.88 Å². The smallest absolute Gasteiger partial charge is 0.256 e. The van der Waals surface area contributed by atoms with Crippen LogP contribution in [0.25, 0.3) is 10.9 Å². The number of nitrogens with one attached hydrogen (secondary N) is 1. The quantitative estimate of drug-likeness (QED) is 0.788. The average molecular weight is 313 g/mol. The van der Waals surface area contributed by atoms with Crippen LogP contribution in [0.1, 0.15) is 10.4 Å². The third-order valence-corrected chi connectivity index (χ3v) is 3.72. The molecule has 0 aliphatic rings. The van der Waals surface area contributed by atoms with Gasteiger partial charge in [-0.1, -0.05) is 35.9 Å². The number of hydrogen-bond donors (Lipinski definition) is 1. The second kappa shape index (κ2) is 5.66. The van der Waals surface area contributed by atoms with Crippen LogP contribution in [0, 0.1) is 0 Å². The number of amides is 1. The van der Waals surface area contributed by atoms with Crippen LogP contribution in [-0.4, -0.2) is 10.5 Å². The van der Waals surface area contributed by atoms with E-state index in [1.807, 2.05) is 24.3 Å². The molecule has 110 valence electrons. The number of para-hydroxylation sites is 1. The van der Waals surface area contributed by atoms with Gasteiger partial charge in [0, 0.05) is 29.2 Å². The molecule has 0 spiro atoms. The largest absolute Gasteiger partial charge is 0.322 e. The van der Waals surface area contributed by atoms with Gasteiger partial charge in [0.25, 0.3) is 11.5 Å². The fraction of sp³-hybridized carbons (Fsp3) is 0.0588. The van der Waals surface area contributed by atoms with Crippen LogP contribution in [0.5, 0.6) is 0 Å². The molecule has 1 heterocycles. The molecule has 5 heteroatoms. The molecule has 0 fully saturated rings. The molecule has 1 aromatic heterocycles. The van der Waals surface area contributed by atoms with Crippen molar-refractivity contribution in [1.82, 2.24) is 4.57 Å². The van der Waals surface area contributed by atoms with E-state index in [9.17, 15) is 9.59 Å². The zero-order valence-corrected chi connectivity index (χ0v) is 12.6. The van der Waals surface area contributed by atoms with E-state index >= 15 is 0 Å². The minimum atomic E-state index is -0.337. The lowest BCUT2D eigenvalue weighted by molar-refractivity contribution is 0.102. The van der Waals surface area contributed by atoms with Gasteiger partial charge in [0.1, 0.15) is 0 Å². The van der Waals surface area contributed by atoms with Crippen LogP contribution >= 0.6 is 11.6 Å². The van der Waals surface area contributed by atoms with Crippen LogP contribution in [0.4, 0.5) is 5.69 Å². The number of carbonyl (C=O) groups excluding carboxylic acids is 1. The predicted octanol–water partition coefficient (Wildman–Crippen LogP) is 3.44. The normalized spacial score (nSPS) is 10.6. The number of fused-ring (bicyclic) bond motifs is 1. The second-order valence-corrected chi connectivity index (χ2v) is 5.37. The minimum Gasteiger partial charge on any atom is -0.322 e. The van der Waals surface area contributed by atoms with Crippen molar-refractivity contribution < 1.29 is 4.79 Å². The Hall–Kier alpha value is -2.59. The molecule has 4 nitrogen and oxygen atoms in total. The van der Waals surface area contributed by atoms with E-state index < -0.39 is 0 Å². The molecular weight excluding hydrogens is 300 g/mol. The van der Waals surface area contributed by atoms with E-state index in [1.165, 1.54) is 10.6 Å². The van der Waals surface area contributed by atoms with Gasteiger partial charge in [-0.3, -0.25) is 9.59 Å². The van der Waals surface area contributed by atoms with Crippen molar-refractivity contribution in [3.05, 3.63) is 75.5 Å². The van der Waals surface area contributed by atoms with Crippen molar-refractivity contribution in [1.29, 1.82) is 0 Å². The van der Waals surface area contributed by atoms with Crippen LogP contribution in [0.15, 0.2) is 59.4 Å². The SMILES string of the molecule is Cn1c(=O)cc(C(=O)Nc2cccc(Cl)c2)c2ccccc21. The van der Waals surface area contributed by atoms with Gasteiger partial charge in [0.2, 0.25) is 0 Å². The monoisotopic (exact) mass is 312 g/mol. The number of anilines is 1. The number of pyridine rings is 1. The highest BCUT2D eigenvalue weighted by Crippen LogP contribution is 2.19. The van der Waals surface area contributed by atoms with Crippen molar-refractivity contribution in [2.45, 2.75) is 0 Å². The van der Waals surface area contributed by atoms with E-state index in [1.54, 1.807) is 31.3 Å². The van der Waals surface area contributed by atoms with Crippen LogP contribution in [0.2, 0.25) is 5.02 Å². The van der Waals surface area contributed by atoms with Crippen molar-refractivity contribution in [2.24, 2.45) is 7.05 Å². The van der Waals surface area contributed by atoms with E-state index in [-0.39, 0.29) is 11.5 Å². The Labute approximate surface area is 132 Å². The Morgan fingerprint density at radius 3 is 2.64 bits per heavy atom. The first-order chi connectivity index (χ1) is 10.6. The predicted molar refractivity (Wildman–Crippen MR) is 88.6 cm³/mol. The fourth-order valence-corrected chi connectivity index (χ4v) is 2.55. The molecule has 3 rings (SSSR count). The molecule has 0 radical (unpaired) electrons. The summed E-state index contributed by atoms with van der Waals surface area (Å²) < 4.78 is 1.52. The molecule has 1 amide bonds. The molecule has 22 heavy (non-hydrogen) atoms. The summed E-state index contributed by atoms with van der Waals surface area (Å²) in [6.45, 7) is 0. The van der Waals surface area contributed by atoms with Gasteiger partial charge in [-0.2, -0.15) is 0 Å². The maximum atomic E-state index is 12.5. The highest BCUT2D eigenvalue weighted by atomic mass is 35.5. The van der Waals surface area contributed by atoms with Crippen LogP contribution in [-0.2, 0) is 7.05 Å². The van der Waals surface area contributed by atoms with E-state index in [2.05, 4.69) is 5.32 Å². The summed E-state index contributed by atoms with van der Waals surface area (Å²) in [5.41, 5.74) is 1.42. The number of nitrogens with zero attached hydrogens (tertiary/aromatic N) is 1. The Kier molecular flexibility index (Phi) is 3.69. The summed E-state index contributed by atoms with van der Waals surface area (Å²) in [6, 6.07) is 15.5. The first-order valence-corrected chi connectivity index (χ1v) is 7.10. The zero-order chi connectivity index (χ0) is 15.7.